The minimum atomic E-state index is -1.53. The smallest absolute Gasteiger partial charge is 0.217 e. The van der Waals surface area contributed by atoms with E-state index in [0.29, 0.717) is 0 Å². The van der Waals surface area contributed by atoms with Crippen LogP contribution in [0, 0.1) is 0 Å². The zero-order valence-electron chi connectivity index (χ0n) is 15.6. The number of amides is 2. The average molecular weight is 408 g/mol. The standard InChI is InChI=1S/C16H28N2O10/c1-6(21)17-8-5-26-10(4-20)15(12(8)23)28-16-11(18-7(2)22)14(25)13(24)9(3-19)27-16/h8-16,19-20,23-25H,3-5H2,1-2H3,(H,17,21)(H,18,22)/t8-,9+,10+,11+,12-,13+,14+,15-,16+/m1/s1. The summed E-state index contributed by atoms with van der Waals surface area (Å²) in [5.74, 6) is -0.941. The van der Waals surface area contributed by atoms with Gasteiger partial charge in [0.2, 0.25) is 11.8 Å². The Kier molecular flexibility index (Phi) is 8.09. The van der Waals surface area contributed by atoms with Gasteiger partial charge in [-0.05, 0) is 0 Å². The fraction of sp³-hybridized carbons (Fsp3) is 0.875. The normalized spacial score (nSPS) is 41.3. The van der Waals surface area contributed by atoms with Crippen molar-refractivity contribution < 1.29 is 49.3 Å². The summed E-state index contributed by atoms with van der Waals surface area (Å²) >= 11 is 0. The zero-order valence-corrected chi connectivity index (χ0v) is 15.6. The molecule has 0 radical (unpaired) electrons. The Balaban J connectivity index is 2.22. The summed E-state index contributed by atoms with van der Waals surface area (Å²) in [4.78, 5) is 22.8. The number of hydrogen-bond donors (Lipinski definition) is 7. The number of ether oxygens (including phenoxy) is 3. The lowest BCUT2D eigenvalue weighted by Gasteiger charge is -2.46. The number of carbonyl (C=O) groups is 2. The fourth-order valence-electron chi connectivity index (χ4n) is 3.32. The summed E-state index contributed by atoms with van der Waals surface area (Å²) in [6.45, 7) is 1.25. The van der Waals surface area contributed by atoms with Gasteiger partial charge in [0.15, 0.2) is 6.29 Å². The lowest BCUT2D eigenvalue weighted by molar-refractivity contribution is -0.309. The first-order valence-corrected chi connectivity index (χ1v) is 8.92. The van der Waals surface area contributed by atoms with Gasteiger partial charge in [-0.3, -0.25) is 9.59 Å². The topological polar surface area (TPSA) is 187 Å². The highest BCUT2D eigenvalue weighted by Gasteiger charge is 2.49. The van der Waals surface area contributed by atoms with Crippen molar-refractivity contribution in [3.8, 4) is 0 Å². The van der Waals surface area contributed by atoms with E-state index in [1.807, 2.05) is 0 Å². The molecule has 2 fully saturated rings. The molecule has 0 aliphatic carbocycles. The molecule has 0 spiro atoms. The van der Waals surface area contributed by atoms with Gasteiger partial charge in [0.1, 0.15) is 42.7 Å². The van der Waals surface area contributed by atoms with Gasteiger partial charge in [-0.2, -0.15) is 0 Å². The lowest BCUT2D eigenvalue weighted by atomic mass is 9.95. The number of aliphatic hydroxyl groups excluding tert-OH is 5. The molecule has 0 aromatic rings. The highest BCUT2D eigenvalue weighted by Crippen LogP contribution is 2.27. The average Bonchev–Trinajstić information content (AvgIpc) is 2.63. The Labute approximate surface area is 161 Å². The van der Waals surface area contributed by atoms with Crippen LogP contribution < -0.4 is 10.6 Å². The minimum Gasteiger partial charge on any atom is -0.394 e. The second kappa shape index (κ2) is 9.89. The summed E-state index contributed by atoms with van der Waals surface area (Å²) in [6.07, 6.45) is -9.07. The first-order chi connectivity index (χ1) is 13.2. The van der Waals surface area contributed by atoms with Gasteiger partial charge < -0.3 is 50.4 Å². The van der Waals surface area contributed by atoms with Crippen LogP contribution in [0.4, 0.5) is 0 Å². The van der Waals surface area contributed by atoms with Crippen molar-refractivity contribution in [2.45, 2.75) is 68.8 Å². The second-order valence-corrected chi connectivity index (χ2v) is 6.89. The van der Waals surface area contributed by atoms with Crippen LogP contribution in [0.2, 0.25) is 0 Å². The predicted molar refractivity (Wildman–Crippen MR) is 90.7 cm³/mol. The van der Waals surface area contributed by atoms with Crippen LogP contribution in [0.1, 0.15) is 13.8 Å². The Morgan fingerprint density at radius 3 is 2.11 bits per heavy atom. The molecular formula is C16H28N2O10. The van der Waals surface area contributed by atoms with Crippen LogP contribution >= 0.6 is 0 Å². The number of rotatable bonds is 6. The molecule has 2 aliphatic rings. The number of hydrogen-bond acceptors (Lipinski definition) is 10. The molecule has 0 saturated carbocycles. The van der Waals surface area contributed by atoms with Gasteiger partial charge in [0, 0.05) is 13.8 Å². The molecule has 2 aliphatic heterocycles. The van der Waals surface area contributed by atoms with Gasteiger partial charge in [-0.25, -0.2) is 0 Å². The Bertz CT molecular complexity index is 550. The minimum absolute atomic E-state index is 0.0624. The second-order valence-electron chi connectivity index (χ2n) is 6.89. The molecule has 0 aromatic carbocycles. The lowest BCUT2D eigenvalue weighted by Crippen LogP contribution is -2.67. The van der Waals surface area contributed by atoms with E-state index in [2.05, 4.69) is 10.6 Å². The van der Waals surface area contributed by atoms with E-state index in [-0.39, 0.29) is 6.61 Å². The summed E-state index contributed by atoms with van der Waals surface area (Å²) in [6, 6.07) is -2.04. The van der Waals surface area contributed by atoms with E-state index in [1.165, 1.54) is 13.8 Å². The molecular weight excluding hydrogens is 380 g/mol. The van der Waals surface area contributed by atoms with Crippen LogP contribution in [-0.2, 0) is 23.8 Å². The number of aliphatic hydroxyl groups is 5. The van der Waals surface area contributed by atoms with Crippen molar-refractivity contribution in [3.05, 3.63) is 0 Å². The molecule has 2 rings (SSSR count). The Morgan fingerprint density at radius 1 is 0.964 bits per heavy atom. The molecule has 12 nitrogen and oxygen atoms in total. The third-order valence-corrected chi connectivity index (χ3v) is 4.72. The molecule has 12 heteroatoms. The van der Waals surface area contributed by atoms with Crippen molar-refractivity contribution in [2.75, 3.05) is 19.8 Å². The van der Waals surface area contributed by atoms with Gasteiger partial charge in [0.25, 0.3) is 0 Å². The van der Waals surface area contributed by atoms with Gasteiger partial charge in [-0.15, -0.1) is 0 Å². The molecule has 2 saturated heterocycles. The van der Waals surface area contributed by atoms with Crippen molar-refractivity contribution in [2.24, 2.45) is 0 Å². The predicted octanol–water partition coefficient (Wildman–Crippen LogP) is -4.43. The highest BCUT2D eigenvalue weighted by atomic mass is 16.7. The van der Waals surface area contributed by atoms with Crippen LogP contribution in [-0.4, -0.2) is 112 Å². The maximum Gasteiger partial charge on any atom is 0.217 e. The molecule has 2 heterocycles. The van der Waals surface area contributed by atoms with E-state index in [9.17, 15) is 35.1 Å². The summed E-state index contributed by atoms with van der Waals surface area (Å²) in [5.41, 5.74) is 0. The van der Waals surface area contributed by atoms with Gasteiger partial charge in [-0.1, -0.05) is 0 Å². The van der Waals surface area contributed by atoms with Crippen molar-refractivity contribution in [1.82, 2.24) is 10.6 Å². The van der Waals surface area contributed by atoms with E-state index in [4.69, 9.17) is 14.2 Å². The van der Waals surface area contributed by atoms with E-state index in [1.54, 1.807) is 0 Å². The molecule has 7 N–H and O–H groups in total. The van der Waals surface area contributed by atoms with E-state index < -0.39 is 80.0 Å². The van der Waals surface area contributed by atoms with E-state index in [0.717, 1.165) is 0 Å². The number of nitrogens with one attached hydrogen (secondary N) is 2. The highest BCUT2D eigenvalue weighted by molar-refractivity contribution is 5.73. The molecule has 0 unspecified atom stereocenters. The largest absolute Gasteiger partial charge is 0.394 e. The maximum atomic E-state index is 11.5. The van der Waals surface area contributed by atoms with Crippen LogP contribution in [0.5, 0.6) is 0 Å². The molecule has 0 aromatic heterocycles. The van der Waals surface area contributed by atoms with Crippen molar-refractivity contribution >= 4 is 11.8 Å². The molecule has 162 valence electrons. The summed E-state index contributed by atoms with van der Waals surface area (Å²) in [7, 11) is 0. The van der Waals surface area contributed by atoms with Crippen LogP contribution in [0.3, 0.4) is 0 Å². The summed E-state index contributed by atoms with van der Waals surface area (Å²) < 4.78 is 16.6. The monoisotopic (exact) mass is 408 g/mol. The van der Waals surface area contributed by atoms with Crippen LogP contribution in [0.25, 0.3) is 0 Å². The SMILES string of the molecule is CC(=O)N[C@@H]1[C@H](O[C@H]2[C@H](O)[C@H](NC(C)=O)CO[C@H]2CO)O[C@@H](CO)[C@H](O)[C@H]1O. The fourth-order valence-corrected chi connectivity index (χ4v) is 3.32. The van der Waals surface area contributed by atoms with Crippen LogP contribution in [0.15, 0.2) is 0 Å². The third-order valence-electron chi connectivity index (χ3n) is 4.72. The maximum absolute atomic E-state index is 11.5. The number of carbonyl (C=O) groups excluding carboxylic acids is 2. The Morgan fingerprint density at radius 2 is 1.57 bits per heavy atom. The Hall–Kier alpha value is -1.38. The molecule has 28 heavy (non-hydrogen) atoms. The summed E-state index contributed by atoms with van der Waals surface area (Å²) in [5, 5.41) is 54.7. The molecule has 9 atom stereocenters. The molecule has 2 amide bonds. The van der Waals surface area contributed by atoms with Gasteiger partial charge in [0.05, 0.1) is 25.9 Å². The third kappa shape index (κ3) is 5.15. The first kappa shape index (κ1) is 22.9. The quantitative estimate of drug-likeness (QED) is 0.226. The van der Waals surface area contributed by atoms with Gasteiger partial charge >= 0.3 is 0 Å². The van der Waals surface area contributed by atoms with Crippen molar-refractivity contribution in [1.29, 1.82) is 0 Å². The first-order valence-electron chi connectivity index (χ1n) is 8.92. The zero-order chi connectivity index (χ0) is 21.0. The van der Waals surface area contributed by atoms with E-state index >= 15 is 0 Å². The molecule has 0 bridgehead atoms. The van der Waals surface area contributed by atoms with Crippen molar-refractivity contribution in [3.63, 3.8) is 0 Å².